The first-order chi connectivity index (χ1) is 13.6. The average Bonchev–Trinajstić information content (AvgIpc) is 3.19. The summed E-state index contributed by atoms with van der Waals surface area (Å²) in [7, 11) is 1.91. The molecule has 28 heavy (non-hydrogen) atoms. The first kappa shape index (κ1) is 18.7. The Kier molecular flexibility index (Phi) is 5.19. The molecule has 1 aliphatic rings. The third kappa shape index (κ3) is 3.43. The van der Waals surface area contributed by atoms with Crippen molar-refractivity contribution in [1.82, 2.24) is 19.7 Å². The molecule has 8 heteroatoms. The maximum atomic E-state index is 12.4. The van der Waals surface area contributed by atoms with Crippen molar-refractivity contribution in [3.63, 3.8) is 0 Å². The van der Waals surface area contributed by atoms with Gasteiger partial charge in [0.05, 0.1) is 11.1 Å². The van der Waals surface area contributed by atoms with Crippen LogP contribution < -0.4 is 0 Å². The second kappa shape index (κ2) is 7.77. The van der Waals surface area contributed by atoms with Crippen LogP contribution in [-0.4, -0.2) is 43.8 Å². The highest BCUT2D eigenvalue weighted by atomic mass is 35.5. The fraction of sp³-hybridized carbons (Fsp3) is 0.200. The van der Waals surface area contributed by atoms with Crippen LogP contribution in [0.1, 0.15) is 27.1 Å². The SMILES string of the molecule is Cn1c(SCCCN2C(=O)c3ccccc3C2=O)nnc1-c1ccc(Cl)cc1. The van der Waals surface area contributed by atoms with Gasteiger partial charge in [0.25, 0.3) is 11.8 Å². The smallest absolute Gasteiger partial charge is 0.261 e. The lowest BCUT2D eigenvalue weighted by atomic mass is 10.1. The van der Waals surface area contributed by atoms with Gasteiger partial charge in [-0.25, -0.2) is 0 Å². The van der Waals surface area contributed by atoms with E-state index in [1.54, 1.807) is 36.0 Å². The summed E-state index contributed by atoms with van der Waals surface area (Å²) in [4.78, 5) is 26.1. The van der Waals surface area contributed by atoms with Crippen molar-refractivity contribution in [2.75, 3.05) is 12.3 Å². The molecule has 3 aromatic rings. The molecule has 1 aromatic heterocycles. The lowest BCUT2D eigenvalue weighted by Gasteiger charge is -2.13. The van der Waals surface area contributed by atoms with Gasteiger partial charge in [-0.05, 0) is 42.8 Å². The first-order valence-corrected chi connectivity index (χ1v) is 10.2. The molecule has 2 amide bonds. The molecule has 1 aliphatic heterocycles. The number of imide groups is 1. The van der Waals surface area contributed by atoms with E-state index in [2.05, 4.69) is 10.2 Å². The predicted octanol–water partition coefficient (Wildman–Crippen LogP) is 3.91. The van der Waals surface area contributed by atoms with Crippen LogP contribution in [0.5, 0.6) is 0 Å². The third-order valence-electron chi connectivity index (χ3n) is 4.57. The molecule has 0 spiro atoms. The highest BCUT2D eigenvalue weighted by Gasteiger charge is 2.34. The van der Waals surface area contributed by atoms with E-state index in [0.717, 1.165) is 22.3 Å². The summed E-state index contributed by atoms with van der Waals surface area (Å²) in [5, 5.41) is 9.95. The second-order valence-electron chi connectivity index (χ2n) is 6.38. The molecule has 0 N–H and O–H groups in total. The summed E-state index contributed by atoms with van der Waals surface area (Å²) in [6.07, 6.45) is 0.680. The topological polar surface area (TPSA) is 68.1 Å². The number of amides is 2. The fourth-order valence-electron chi connectivity index (χ4n) is 3.12. The van der Waals surface area contributed by atoms with Crippen molar-refractivity contribution in [2.45, 2.75) is 11.6 Å². The van der Waals surface area contributed by atoms with Gasteiger partial charge in [0, 0.05) is 29.9 Å². The van der Waals surface area contributed by atoms with Crippen LogP contribution in [0.4, 0.5) is 0 Å². The number of benzene rings is 2. The Balaban J connectivity index is 1.35. The number of fused-ring (bicyclic) bond motifs is 1. The van der Waals surface area contributed by atoms with Gasteiger partial charge in [-0.15, -0.1) is 10.2 Å². The van der Waals surface area contributed by atoms with Crippen LogP contribution in [-0.2, 0) is 7.05 Å². The van der Waals surface area contributed by atoms with E-state index in [1.807, 2.05) is 35.9 Å². The highest BCUT2D eigenvalue weighted by molar-refractivity contribution is 7.99. The Morgan fingerprint density at radius 1 is 0.964 bits per heavy atom. The Bertz CT molecular complexity index is 1010. The molecule has 2 heterocycles. The normalized spacial score (nSPS) is 13.3. The summed E-state index contributed by atoms with van der Waals surface area (Å²) in [6, 6.07) is 14.4. The summed E-state index contributed by atoms with van der Waals surface area (Å²) < 4.78 is 1.93. The molecule has 0 aliphatic carbocycles. The number of halogens is 1. The van der Waals surface area contributed by atoms with Gasteiger partial charge < -0.3 is 4.57 Å². The molecule has 142 valence electrons. The Labute approximate surface area is 171 Å². The number of thioether (sulfide) groups is 1. The summed E-state index contributed by atoms with van der Waals surface area (Å²) in [6.45, 7) is 0.390. The first-order valence-electron chi connectivity index (χ1n) is 8.79. The number of hydrogen-bond donors (Lipinski definition) is 0. The van der Waals surface area contributed by atoms with E-state index in [1.165, 1.54) is 4.90 Å². The Hall–Kier alpha value is -2.64. The van der Waals surface area contributed by atoms with Crippen LogP contribution in [0.15, 0.2) is 53.7 Å². The van der Waals surface area contributed by atoms with E-state index in [-0.39, 0.29) is 11.8 Å². The number of carbonyl (C=O) groups is 2. The van der Waals surface area contributed by atoms with Gasteiger partial charge in [0.2, 0.25) is 0 Å². The van der Waals surface area contributed by atoms with Crippen molar-refractivity contribution in [2.24, 2.45) is 7.05 Å². The lowest BCUT2D eigenvalue weighted by molar-refractivity contribution is 0.0655. The van der Waals surface area contributed by atoms with E-state index in [4.69, 9.17) is 11.6 Å². The second-order valence-corrected chi connectivity index (χ2v) is 7.88. The molecule has 0 saturated carbocycles. The summed E-state index contributed by atoms with van der Waals surface area (Å²) >= 11 is 7.48. The number of hydrogen-bond acceptors (Lipinski definition) is 5. The minimum Gasteiger partial charge on any atom is -0.305 e. The van der Waals surface area contributed by atoms with Gasteiger partial charge in [-0.3, -0.25) is 14.5 Å². The van der Waals surface area contributed by atoms with Crippen molar-refractivity contribution in [3.8, 4) is 11.4 Å². The van der Waals surface area contributed by atoms with Crippen LogP contribution in [0.3, 0.4) is 0 Å². The molecule has 0 radical (unpaired) electrons. The molecule has 4 rings (SSSR count). The molecule has 0 bridgehead atoms. The molecule has 0 saturated heterocycles. The third-order valence-corrected chi connectivity index (χ3v) is 5.93. The summed E-state index contributed by atoms with van der Waals surface area (Å²) in [5.74, 6) is 1.06. The average molecular weight is 413 g/mol. The number of rotatable bonds is 6. The molecular weight excluding hydrogens is 396 g/mol. The van der Waals surface area contributed by atoms with Crippen LogP contribution in [0, 0.1) is 0 Å². The Morgan fingerprint density at radius 2 is 1.61 bits per heavy atom. The van der Waals surface area contributed by atoms with Crippen molar-refractivity contribution in [3.05, 3.63) is 64.7 Å². The molecule has 2 aromatic carbocycles. The van der Waals surface area contributed by atoms with Crippen LogP contribution >= 0.6 is 23.4 Å². The summed E-state index contributed by atoms with van der Waals surface area (Å²) in [5.41, 5.74) is 1.92. The zero-order valence-electron chi connectivity index (χ0n) is 15.1. The molecule has 0 unspecified atom stereocenters. The molecular formula is C20H17ClN4O2S. The predicted molar refractivity (Wildman–Crippen MR) is 109 cm³/mol. The quantitative estimate of drug-likeness (QED) is 0.349. The van der Waals surface area contributed by atoms with Gasteiger partial charge in [0.15, 0.2) is 11.0 Å². The van der Waals surface area contributed by atoms with Crippen molar-refractivity contribution in [1.29, 1.82) is 0 Å². The monoisotopic (exact) mass is 412 g/mol. The van der Waals surface area contributed by atoms with E-state index >= 15 is 0 Å². The largest absolute Gasteiger partial charge is 0.305 e. The van der Waals surface area contributed by atoms with Crippen LogP contribution in [0.25, 0.3) is 11.4 Å². The van der Waals surface area contributed by atoms with Gasteiger partial charge in [0.1, 0.15) is 0 Å². The molecule has 0 fully saturated rings. The van der Waals surface area contributed by atoms with E-state index in [9.17, 15) is 9.59 Å². The number of nitrogens with zero attached hydrogens (tertiary/aromatic N) is 4. The Morgan fingerprint density at radius 3 is 2.25 bits per heavy atom. The maximum absolute atomic E-state index is 12.4. The maximum Gasteiger partial charge on any atom is 0.261 e. The van der Waals surface area contributed by atoms with Crippen molar-refractivity contribution >= 4 is 35.2 Å². The zero-order valence-corrected chi connectivity index (χ0v) is 16.7. The van der Waals surface area contributed by atoms with E-state index in [0.29, 0.717) is 29.1 Å². The van der Waals surface area contributed by atoms with Gasteiger partial charge in [-0.2, -0.15) is 0 Å². The number of aromatic nitrogens is 3. The highest BCUT2D eigenvalue weighted by Crippen LogP contribution is 2.26. The fourth-order valence-corrected chi connectivity index (χ4v) is 4.08. The molecule has 0 atom stereocenters. The number of carbonyl (C=O) groups excluding carboxylic acids is 2. The minimum absolute atomic E-state index is 0.214. The van der Waals surface area contributed by atoms with E-state index < -0.39 is 0 Å². The zero-order chi connectivity index (χ0) is 19.7. The standard InChI is InChI=1S/C20H17ClN4O2S/c1-24-17(13-7-9-14(21)10-8-13)22-23-20(24)28-12-4-11-25-18(26)15-5-2-3-6-16(15)19(25)27/h2-3,5-10H,4,11-12H2,1H3. The van der Waals surface area contributed by atoms with Crippen molar-refractivity contribution < 1.29 is 9.59 Å². The van der Waals surface area contributed by atoms with Gasteiger partial charge in [-0.1, -0.05) is 35.5 Å². The van der Waals surface area contributed by atoms with Gasteiger partial charge >= 0.3 is 0 Å². The minimum atomic E-state index is -0.214. The van der Waals surface area contributed by atoms with Crippen LogP contribution in [0.2, 0.25) is 5.02 Å². The molecule has 6 nitrogen and oxygen atoms in total. The lowest BCUT2D eigenvalue weighted by Crippen LogP contribution is -2.31.